The van der Waals surface area contributed by atoms with Crippen molar-refractivity contribution in [3.8, 4) is 11.5 Å². The molecule has 2 aliphatic heterocycles. The summed E-state index contributed by atoms with van der Waals surface area (Å²) in [5, 5.41) is 0. The molecule has 0 spiro atoms. The zero-order valence-electron chi connectivity index (χ0n) is 17.7. The van der Waals surface area contributed by atoms with Crippen LogP contribution in [0.4, 0.5) is 0 Å². The lowest BCUT2D eigenvalue weighted by molar-refractivity contribution is -0.157. The Morgan fingerprint density at radius 1 is 1.07 bits per heavy atom. The molecule has 2 saturated heterocycles. The fourth-order valence-corrected chi connectivity index (χ4v) is 4.44. The highest BCUT2D eigenvalue weighted by Gasteiger charge is 2.36. The van der Waals surface area contributed by atoms with Crippen molar-refractivity contribution in [3.63, 3.8) is 0 Å². The van der Waals surface area contributed by atoms with Crippen LogP contribution in [0.5, 0.6) is 11.5 Å². The van der Waals surface area contributed by atoms with Gasteiger partial charge >= 0.3 is 5.97 Å². The molecule has 2 aliphatic rings. The molecule has 1 aromatic carbocycles. The zero-order valence-corrected chi connectivity index (χ0v) is 17.7. The van der Waals surface area contributed by atoms with Gasteiger partial charge in [-0.2, -0.15) is 0 Å². The van der Waals surface area contributed by atoms with E-state index in [-0.39, 0.29) is 17.9 Å². The van der Waals surface area contributed by atoms with Gasteiger partial charge in [-0.3, -0.25) is 9.69 Å². The van der Waals surface area contributed by atoms with Crippen LogP contribution in [0.25, 0.3) is 0 Å². The molecule has 7 heteroatoms. The normalized spacial score (nSPS) is 22.4. The number of hydrogen-bond acceptors (Lipinski definition) is 6. The van der Waals surface area contributed by atoms with Gasteiger partial charge in [0, 0.05) is 24.2 Å². The third-order valence-corrected chi connectivity index (χ3v) is 5.88. The highest BCUT2D eigenvalue weighted by Crippen LogP contribution is 2.38. The van der Waals surface area contributed by atoms with E-state index in [1.165, 1.54) is 0 Å². The molecule has 0 aromatic heterocycles. The molecule has 2 heterocycles. The van der Waals surface area contributed by atoms with Gasteiger partial charge < -0.3 is 19.1 Å². The summed E-state index contributed by atoms with van der Waals surface area (Å²) in [6.45, 7) is 3.90. The molecule has 7 nitrogen and oxygen atoms in total. The molecule has 160 valence electrons. The summed E-state index contributed by atoms with van der Waals surface area (Å²) in [7, 11) is 3.29. The average molecular weight is 405 g/mol. The topological polar surface area (TPSA) is 68.3 Å². The van der Waals surface area contributed by atoms with Crippen LogP contribution in [0.3, 0.4) is 0 Å². The first-order chi connectivity index (χ1) is 14.1. The lowest BCUT2D eigenvalue weighted by atomic mass is 10.0. The summed E-state index contributed by atoms with van der Waals surface area (Å²) in [5.41, 5.74) is 1.07. The molecule has 3 rings (SSSR count). The lowest BCUT2D eigenvalue weighted by Gasteiger charge is -2.36. The summed E-state index contributed by atoms with van der Waals surface area (Å²) in [4.78, 5) is 29.4. The minimum atomic E-state index is -0.451. The monoisotopic (exact) mass is 404 g/mol. The number of benzene rings is 1. The number of nitrogens with zero attached hydrogens (tertiary/aromatic N) is 2. The van der Waals surface area contributed by atoms with Crippen molar-refractivity contribution in [2.45, 2.75) is 51.1 Å². The van der Waals surface area contributed by atoms with Gasteiger partial charge in [-0.25, -0.2) is 4.79 Å². The number of carbonyl (C=O) groups is 2. The van der Waals surface area contributed by atoms with Gasteiger partial charge in [-0.05, 0) is 51.6 Å². The number of carbonyl (C=O) groups excluding carboxylic acids is 2. The standard InChI is InChI=1S/C22H32N2O5/c1-4-29-22(26)19-8-5-6-13-24(19)21(25)15-23-12-7-9-18(23)17-11-10-16(27-2)14-20(17)28-3/h10-11,14,18-19H,4-9,12-13,15H2,1-3H3/t18-,19-/m0/s1. The van der Waals surface area contributed by atoms with E-state index in [4.69, 9.17) is 14.2 Å². The highest BCUT2D eigenvalue weighted by molar-refractivity contribution is 5.86. The van der Waals surface area contributed by atoms with Crippen molar-refractivity contribution in [1.29, 1.82) is 0 Å². The van der Waals surface area contributed by atoms with Crippen molar-refractivity contribution < 1.29 is 23.8 Å². The number of likely N-dealkylation sites (tertiary alicyclic amines) is 2. The molecule has 1 aromatic rings. The van der Waals surface area contributed by atoms with Crippen LogP contribution < -0.4 is 9.47 Å². The van der Waals surface area contributed by atoms with E-state index in [1.807, 2.05) is 18.2 Å². The van der Waals surface area contributed by atoms with Crippen LogP contribution in [0.15, 0.2) is 18.2 Å². The second-order valence-electron chi connectivity index (χ2n) is 7.59. The quantitative estimate of drug-likeness (QED) is 0.651. The number of piperidine rings is 1. The Labute approximate surface area is 172 Å². The molecule has 0 saturated carbocycles. The van der Waals surface area contributed by atoms with Crippen LogP contribution in [-0.2, 0) is 14.3 Å². The van der Waals surface area contributed by atoms with Gasteiger partial charge in [0.25, 0.3) is 0 Å². The van der Waals surface area contributed by atoms with E-state index in [9.17, 15) is 9.59 Å². The molecule has 2 atom stereocenters. The van der Waals surface area contributed by atoms with E-state index in [0.717, 1.165) is 49.3 Å². The largest absolute Gasteiger partial charge is 0.497 e. The Balaban J connectivity index is 1.73. The number of methoxy groups -OCH3 is 2. The fourth-order valence-electron chi connectivity index (χ4n) is 4.44. The Kier molecular flexibility index (Phi) is 7.36. The second-order valence-corrected chi connectivity index (χ2v) is 7.59. The summed E-state index contributed by atoms with van der Waals surface area (Å²) in [6.07, 6.45) is 4.55. The predicted molar refractivity (Wildman–Crippen MR) is 109 cm³/mol. The first-order valence-corrected chi connectivity index (χ1v) is 10.5. The number of hydrogen-bond donors (Lipinski definition) is 0. The summed E-state index contributed by atoms with van der Waals surface area (Å²) < 4.78 is 16.1. The van der Waals surface area contributed by atoms with Crippen molar-refractivity contribution in [3.05, 3.63) is 23.8 Å². The maximum atomic E-state index is 13.1. The van der Waals surface area contributed by atoms with Gasteiger partial charge in [0.1, 0.15) is 17.5 Å². The SMILES string of the molecule is CCOC(=O)[C@@H]1CCCCN1C(=O)CN1CCC[C@H]1c1ccc(OC)cc1OC. The molecule has 0 radical (unpaired) electrons. The smallest absolute Gasteiger partial charge is 0.328 e. The molecule has 29 heavy (non-hydrogen) atoms. The number of amides is 1. The number of esters is 1. The van der Waals surface area contributed by atoms with Gasteiger partial charge in [-0.15, -0.1) is 0 Å². The molecular weight excluding hydrogens is 372 g/mol. The lowest BCUT2D eigenvalue weighted by Crippen LogP contribution is -2.51. The Morgan fingerprint density at radius 2 is 1.90 bits per heavy atom. The fraction of sp³-hybridized carbons (Fsp3) is 0.636. The third-order valence-electron chi connectivity index (χ3n) is 5.88. The number of ether oxygens (including phenoxy) is 3. The molecule has 0 aliphatic carbocycles. The van der Waals surface area contributed by atoms with Crippen LogP contribution in [0.2, 0.25) is 0 Å². The second kappa shape index (κ2) is 9.96. The molecule has 0 bridgehead atoms. The van der Waals surface area contributed by atoms with Crippen LogP contribution in [0, 0.1) is 0 Å². The Morgan fingerprint density at radius 3 is 2.62 bits per heavy atom. The number of rotatable bonds is 7. The Bertz CT molecular complexity index is 723. The summed E-state index contributed by atoms with van der Waals surface area (Å²) in [5.74, 6) is 1.24. The van der Waals surface area contributed by atoms with Gasteiger partial charge in [0.15, 0.2) is 0 Å². The van der Waals surface area contributed by atoms with Gasteiger partial charge in [-0.1, -0.05) is 6.07 Å². The van der Waals surface area contributed by atoms with Crippen LogP contribution in [-0.4, -0.2) is 68.2 Å². The van der Waals surface area contributed by atoms with Crippen molar-refractivity contribution in [2.75, 3.05) is 40.5 Å². The molecule has 2 fully saturated rings. The van der Waals surface area contributed by atoms with Crippen molar-refractivity contribution in [1.82, 2.24) is 9.80 Å². The Hall–Kier alpha value is -2.28. The predicted octanol–water partition coefficient (Wildman–Crippen LogP) is 2.78. The van der Waals surface area contributed by atoms with Crippen molar-refractivity contribution in [2.24, 2.45) is 0 Å². The van der Waals surface area contributed by atoms with E-state index in [0.29, 0.717) is 26.1 Å². The van der Waals surface area contributed by atoms with Crippen molar-refractivity contribution >= 4 is 11.9 Å². The molecule has 0 unspecified atom stereocenters. The molecular formula is C22H32N2O5. The first kappa shape index (κ1) is 21.4. The van der Waals surface area contributed by atoms with Crippen LogP contribution in [0.1, 0.15) is 50.6 Å². The maximum Gasteiger partial charge on any atom is 0.328 e. The van der Waals surface area contributed by atoms with Crippen LogP contribution >= 0.6 is 0 Å². The van der Waals surface area contributed by atoms with E-state index in [2.05, 4.69) is 4.90 Å². The average Bonchev–Trinajstić information content (AvgIpc) is 3.21. The third kappa shape index (κ3) is 4.83. The minimum Gasteiger partial charge on any atom is -0.497 e. The first-order valence-electron chi connectivity index (χ1n) is 10.5. The molecule has 0 N–H and O–H groups in total. The van der Waals surface area contributed by atoms with Gasteiger partial charge in [0.05, 0.1) is 27.4 Å². The minimum absolute atomic E-state index is 0.00197. The summed E-state index contributed by atoms with van der Waals surface area (Å²) >= 11 is 0. The van der Waals surface area contributed by atoms with E-state index in [1.54, 1.807) is 26.0 Å². The molecule has 1 amide bonds. The zero-order chi connectivity index (χ0) is 20.8. The maximum absolute atomic E-state index is 13.1. The van der Waals surface area contributed by atoms with E-state index >= 15 is 0 Å². The van der Waals surface area contributed by atoms with Gasteiger partial charge in [0.2, 0.25) is 5.91 Å². The van der Waals surface area contributed by atoms with E-state index < -0.39 is 6.04 Å². The highest BCUT2D eigenvalue weighted by atomic mass is 16.5. The summed E-state index contributed by atoms with van der Waals surface area (Å²) in [6, 6.07) is 5.50.